The Morgan fingerprint density at radius 1 is 1.18 bits per heavy atom. The first-order chi connectivity index (χ1) is 18.3. The Morgan fingerprint density at radius 2 is 1.85 bits per heavy atom. The predicted octanol–water partition coefficient (Wildman–Crippen LogP) is 2.51. The first kappa shape index (κ1) is 30.6. The van der Waals surface area contributed by atoms with Crippen molar-refractivity contribution < 1.29 is 47.4 Å². The van der Waals surface area contributed by atoms with Crippen molar-refractivity contribution in [2.75, 3.05) is 6.61 Å². The number of hydrogen-bond donors (Lipinski definition) is 2. The molecule has 0 aliphatic carbocycles. The molecule has 13 heteroatoms. The van der Waals surface area contributed by atoms with Crippen molar-refractivity contribution in [3.8, 4) is 5.75 Å². The topological polar surface area (TPSA) is 158 Å². The number of allylic oxidation sites excluding steroid dienone is 1. The molecular weight excluding hydrogens is 531 g/mol. The summed E-state index contributed by atoms with van der Waals surface area (Å²) in [7, 11) is -4.26. The van der Waals surface area contributed by atoms with Crippen LogP contribution < -0.4 is 9.61 Å². The van der Waals surface area contributed by atoms with Crippen LogP contribution in [0.2, 0.25) is 0 Å². The van der Waals surface area contributed by atoms with Gasteiger partial charge in [0.25, 0.3) is 0 Å². The zero-order valence-corrected chi connectivity index (χ0v) is 23.5. The molecule has 6 atom stereocenters. The van der Waals surface area contributed by atoms with Gasteiger partial charge in [-0.3, -0.25) is 28.6 Å². The SMILES string of the molecule is CC1=CN([C@H]2C[C@H](O)[C@@H](CO[P@@](=O)(N[C@@H](C)C(=O)O[C@@H](C)C(=O)C(C)C)Oc3ccccc3)O2)C(=O)CC1=O. The fourth-order valence-electron chi connectivity index (χ4n) is 3.98. The van der Waals surface area contributed by atoms with Crippen LogP contribution in [0.3, 0.4) is 0 Å². The molecular formula is C26H35N2O10P. The number of aliphatic hydroxyl groups excluding tert-OH is 1. The normalized spacial score (nSPS) is 24.6. The number of Topliss-reactive ketones (excluding diaryl/α,β-unsaturated/α-hetero) is 2. The lowest BCUT2D eigenvalue weighted by molar-refractivity contribution is -0.156. The molecule has 1 aromatic rings. The summed E-state index contributed by atoms with van der Waals surface area (Å²) in [6.45, 7) is 7.38. The predicted molar refractivity (Wildman–Crippen MR) is 138 cm³/mol. The average molecular weight is 567 g/mol. The van der Waals surface area contributed by atoms with Crippen LogP contribution in [0.25, 0.3) is 0 Å². The summed E-state index contributed by atoms with van der Waals surface area (Å²) in [6, 6.07) is 6.92. The van der Waals surface area contributed by atoms with Gasteiger partial charge in [0.1, 0.15) is 24.1 Å². The van der Waals surface area contributed by atoms with Gasteiger partial charge < -0.3 is 19.1 Å². The Morgan fingerprint density at radius 3 is 2.49 bits per heavy atom. The number of nitrogens with zero attached hydrogens (tertiary/aromatic N) is 1. The monoisotopic (exact) mass is 566 g/mol. The standard InChI is InChI=1S/C26H35N2O10P/c1-15(2)25(32)18(5)36-26(33)17(4)27-39(34,38-19-9-7-6-8-10-19)35-14-22-21(30)12-24(37-22)28-13-16(3)20(29)11-23(28)31/h6-10,13,15,17-18,21-22,24,30H,11-12,14H2,1-5H3,(H,27,34)/t17-,18-,21-,22+,24+,39-/m0/s1. The Hall–Kier alpha value is -2.89. The maximum Gasteiger partial charge on any atom is 0.459 e. The minimum atomic E-state index is -4.26. The minimum Gasteiger partial charge on any atom is -0.453 e. The van der Waals surface area contributed by atoms with E-state index in [9.17, 15) is 28.8 Å². The molecule has 0 saturated carbocycles. The summed E-state index contributed by atoms with van der Waals surface area (Å²) in [5.74, 6) is -1.99. The summed E-state index contributed by atoms with van der Waals surface area (Å²) >= 11 is 0. The fraction of sp³-hybridized carbons (Fsp3) is 0.538. The quantitative estimate of drug-likeness (QED) is 0.218. The lowest BCUT2D eigenvalue weighted by Crippen LogP contribution is -2.41. The van der Waals surface area contributed by atoms with E-state index in [4.69, 9.17) is 18.5 Å². The van der Waals surface area contributed by atoms with Gasteiger partial charge in [0.2, 0.25) is 5.91 Å². The van der Waals surface area contributed by atoms with Crippen LogP contribution in [0.15, 0.2) is 42.1 Å². The largest absolute Gasteiger partial charge is 0.459 e. The Balaban J connectivity index is 1.69. The second kappa shape index (κ2) is 13.0. The number of benzene rings is 1. The Kier molecular flexibility index (Phi) is 10.2. The molecule has 0 spiro atoms. The summed E-state index contributed by atoms with van der Waals surface area (Å²) < 4.78 is 35.9. The number of nitrogens with one attached hydrogen (secondary N) is 1. The van der Waals surface area contributed by atoms with Crippen LogP contribution in [0.5, 0.6) is 5.75 Å². The molecule has 2 aliphatic rings. The molecule has 0 bridgehead atoms. The van der Waals surface area contributed by atoms with E-state index in [0.717, 1.165) is 0 Å². The van der Waals surface area contributed by atoms with Crippen LogP contribution in [0, 0.1) is 5.92 Å². The smallest absolute Gasteiger partial charge is 0.453 e. The third kappa shape index (κ3) is 8.06. The highest BCUT2D eigenvalue weighted by molar-refractivity contribution is 7.52. The molecule has 3 rings (SSSR count). The number of carbonyl (C=O) groups is 4. The van der Waals surface area contributed by atoms with E-state index in [-0.39, 0.29) is 36.1 Å². The lowest BCUT2D eigenvalue weighted by atomic mass is 10.1. The molecule has 1 amide bonds. The van der Waals surface area contributed by atoms with Gasteiger partial charge in [-0.25, -0.2) is 4.57 Å². The van der Waals surface area contributed by atoms with Crippen molar-refractivity contribution in [1.29, 1.82) is 0 Å². The van der Waals surface area contributed by atoms with Gasteiger partial charge >= 0.3 is 13.7 Å². The minimum absolute atomic E-state index is 0.0412. The molecule has 2 aliphatic heterocycles. The third-order valence-corrected chi connectivity index (χ3v) is 7.88. The number of amides is 1. The number of aliphatic hydroxyl groups is 1. The van der Waals surface area contributed by atoms with E-state index in [2.05, 4.69) is 5.09 Å². The maximum atomic E-state index is 13.7. The van der Waals surface area contributed by atoms with Crippen LogP contribution in [-0.2, 0) is 37.7 Å². The van der Waals surface area contributed by atoms with Crippen molar-refractivity contribution in [3.05, 3.63) is 42.1 Å². The molecule has 2 heterocycles. The summed E-state index contributed by atoms with van der Waals surface area (Å²) in [6.07, 6.45) is -2.78. The van der Waals surface area contributed by atoms with Crippen molar-refractivity contribution in [2.24, 2.45) is 5.92 Å². The summed E-state index contributed by atoms with van der Waals surface area (Å²) in [4.78, 5) is 50.1. The molecule has 0 radical (unpaired) electrons. The van der Waals surface area contributed by atoms with Crippen LogP contribution in [0.1, 0.15) is 47.5 Å². The fourth-order valence-corrected chi connectivity index (χ4v) is 5.48. The molecule has 1 aromatic carbocycles. The van der Waals surface area contributed by atoms with Crippen molar-refractivity contribution >= 4 is 31.2 Å². The number of para-hydroxylation sites is 1. The molecule has 0 aromatic heterocycles. The molecule has 1 fully saturated rings. The average Bonchev–Trinajstić information content (AvgIpc) is 3.24. The maximum absolute atomic E-state index is 13.7. The van der Waals surface area contributed by atoms with Gasteiger partial charge in [0.15, 0.2) is 17.7 Å². The van der Waals surface area contributed by atoms with E-state index < -0.39 is 56.8 Å². The van der Waals surface area contributed by atoms with E-state index in [0.29, 0.717) is 5.57 Å². The zero-order valence-electron chi connectivity index (χ0n) is 22.6. The van der Waals surface area contributed by atoms with Crippen molar-refractivity contribution in [3.63, 3.8) is 0 Å². The zero-order chi connectivity index (χ0) is 28.9. The molecule has 1 saturated heterocycles. The Bertz CT molecular complexity index is 1150. The van der Waals surface area contributed by atoms with Gasteiger partial charge in [-0.1, -0.05) is 32.0 Å². The highest BCUT2D eigenvalue weighted by Gasteiger charge is 2.42. The lowest BCUT2D eigenvalue weighted by Gasteiger charge is -2.29. The summed E-state index contributed by atoms with van der Waals surface area (Å²) in [5, 5.41) is 13.1. The van der Waals surface area contributed by atoms with E-state index in [1.807, 2.05) is 0 Å². The molecule has 0 unspecified atom stereocenters. The third-order valence-electron chi connectivity index (χ3n) is 6.23. The first-order valence-electron chi connectivity index (χ1n) is 12.7. The van der Waals surface area contributed by atoms with Crippen LogP contribution in [0.4, 0.5) is 0 Å². The summed E-state index contributed by atoms with van der Waals surface area (Å²) in [5.41, 5.74) is 0.391. The van der Waals surface area contributed by atoms with Crippen molar-refractivity contribution in [2.45, 2.75) is 78.0 Å². The van der Waals surface area contributed by atoms with Crippen LogP contribution in [-0.4, -0.2) is 70.6 Å². The molecule has 12 nitrogen and oxygen atoms in total. The number of carbonyl (C=O) groups excluding carboxylic acids is 4. The number of esters is 1. The van der Waals surface area contributed by atoms with Gasteiger partial charge in [-0.2, -0.15) is 5.09 Å². The molecule has 39 heavy (non-hydrogen) atoms. The van der Waals surface area contributed by atoms with E-state index >= 15 is 0 Å². The second-order valence-electron chi connectivity index (χ2n) is 9.83. The Labute approximate surface area is 227 Å². The number of ether oxygens (including phenoxy) is 2. The van der Waals surface area contributed by atoms with Gasteiger partial charge in [-0.15, -0.1) is 0 Å². The van der Waals surface area contributed by atoms with Crippen LogP contribution >= 0.6 is 7.75 Å². The van der Waals surface area contributed by atoms with Crippen molar-refractivity contribution in [1.82, 2.24) is 9.99 Å². The van der Waals surface area contributed by atoms with E-state index in [1.165, 1.54) is 24.9 Å². The molecule has 214 valence electrons. The highest BCUT2D eigenvalue weighted by Crippen LogP contribution is 2.45. The van der Waals surface area contributed by atoms with E-state index in [1.54, 1.807) is 51.1 Å². The first-order valence-corrected chi connectivity index (χ1v) is 14.2. The highest BCUT2D eigenvalue weighted by atomic mass is 31.2. The number of hydrogen-bond acceptors (Lipinski definition) is 10. The van der Waals surface area contributed by atoms with Gasteiger partial charge in [-0.05, 0) is 32.9 Å². The second-order valence-corrected chi connectivity index (χ2v) is 11.5. The number of rotatable bonds is 12. The molecule has 2 N–H and O–H groups in total. The number of ketones is 2. The van der Waals surface area contributed by atoms with Gasteiger partial charge in [0.05, 0.1) is 19.1 Å². The van der Waals surface area contributed by atoms with Gasteiger partial charge in [0, 0.05) is 24.1 Å².